The van der Waals surface area contributed by atoms with E-state index in [2.05, 4.69) is 4.98 Å². The largest absolute Gasteiger partial charge is 0.497 e. The average molecular weight is 417 g/mol. The summed E-state index contributed by atoms with van der Waals surface area (Å²) in [5.74, 6) is 1.41. The Morgan fingerprint density at radius 1 is 1.11 bits per heavy atom. The fraction of sp³-hybridized carbons (Fsp3) is 0.238. The van der Waals surface area contributed by atoms with Crippen molar-refractivity contribution in [3.05, 3.63) is 75.2 Å². The van der Waals surface area contributed by atoms with Gasteiger partial charge in [-0.05, 0) is 48.9 Å². The first-order chi connectivity index (χ1) is 13.6. The normalized spacial score (nSPS) is 10.5. The lowest BCUT2D eigenvalue weighted by atomic mass is 10.2. The second kappa shape index (κ2) is 9.57. The number of benzene rings is 2. The molecule has 0 unspecified atom stereocenters. The van der Waals surface area contributed by atoms with Crippen molar-refractivity contribution < 1.29 is 14.3 Å². The fourth-order valence-corrected chi connectivity index (χ4v) is 3.40. The summed E-state index contributed by atoms with van der Waals surface area (Å²) in [6.07, 6.45) is 0. The molecule has 7 heteroatoms. The van der Waals surface area contributed by atoms with Crippen molar-refractivity contribution in [3.8, 4) is 11.5 Å². The van der Waals surface area contributed by atoms with E-state index in [0.717, 1.165) is 16.3 Å². The van der Waals surface area contributed by atoms with E-state index >= 15 is 0 Å². The zero-order valence-electron chi connectivity index (χ0n) is 15.7. The number of rotatable bonds is 8. The quantitative estimate of drug-likeness (QED) is 0.515. The number of hydrogen-bond donors (Lipinski definition) is 0. The Morgan fingerprint density at radius 3 is 2.43 bits per heavy atom. The molecule has 5 nitrogen and oxygen atoms in total. The molecule has 0 aliphatic rings. The molecule has 28 heavy (non-hydrogen) atoms. The van der Waals surface area contributed by atoms with Crippen LogP contribution in [0.2, 0.25) is 5.02 Å². The van der Waals surface area contributed by atoms with Gasteiger partial charge in [-0.3, -0.25) is 4.79 Å². The van der Waals surface area contributed by atoms with E-state index in [4.69, 9.17) is 21.1 Å². The Bertz CT molecular complexity index is 910. The Balaban J connectivity index is 1.61. The van der Waals surface area contributed by atoms with Gasteiger partial charge in [0.25, 0.3) is 5.91 Å². The minimum atomic E-state index is -0.0905. The smallest absolute Gasteiger partial charge is 0.273 e. The number of ether oxygens (including phenoxy) is 2. The number of thiazole rings is 1. The van der Waals surface area contributed by atoms with E-state index in [0.29, 0.717) is 36.2 Å². The lowest BCUT2D eigenvalue weighted by molar-refractivity contribution is 0.0747. The van der Waals surface area contributed by atoms with Crippen molar-refractivity contribution >= 4 is 28.8 Å². The molecule has 2 aromatic carbocycles. The summed E-state index contributed by atoms with van der Waals surface area (Å²) < 4.78 is 10.9. The first-order valence-electron chi connectivity index (χ1n) is 8.84. The molecule has 0 N–H and O–H groups in total. The summed E-state index contributed by atoms with van der Waals surface area (Å²) in [6, 6.07) is 14.8. The van der Waals surface area contributed by atoms with E-state index in [1.165, 1.54) is 11.3 Å². The number of carbonyl (C=O) groups excluding carboxylic acids is 1. The predicted octanol–water partition coefficient (Wildman–Crippen LogP) is 5.05. The number of halogens is 1. The second-order valence-electron chi connectivity index (χ2n) is 6.04. The van der Waals surface area contributed by atoms with Crippen molar-refractivity contribution in [2.75, 3.05) is 13.7 Å². The number of nitrogens with zero attached hydrogens (tertiary/aromatic N) is 2. The number of methoxy groups -OCH3 is 1. The van der Waals surface area contributed by atoms with Crippen LogP contribution in [0, 0.1) is 0 Å². The van der Waals surface area contributed by atoms with Crippen molar-refractivity contribution in [1.82, 2.24) is 9.88 Å². The molecule has 0 saturated heterocycles. The molecule has 0 spiro atoms. The summed E-state index contributed by atoms with van der Waals surface area (Å²) in [5, 5.41) is 3.18. The average Bonchev–Trinajstić information content (AvgIpc) is 3.20. The van der Waals surface area contributed by atoms with Crippen molar-refractivity contribution in [1.29, 1.82) is 0 Å². The van der Waals surface area contributed by atoms with Crippen LogP contribution < -0.4 is 9.47 Å². The van der Waals surface area contributed by atoms with Gasteiger partial charge < -0.3 is 14.4 Å². The van der Waals surface area contributed by atoms with Crippen molar-refractivity contribution in [3.63, 3.8) is 0 Å². The SMILES string of the molecule is CCN(Cc1ccc(OC)cc1)C(=O)c1csc(COc2ccc(Cl)cc2)n1. The van der Waals surface area contributed by atoms with Crippen LogP contribution in [-0.2, 0) is 13.2 Å². The van der Waals surface area contributed by atoms with Crippen LogP contribution in [-0.4, -0.2) is 29.4 Å². The third-order valence-electron chi connectivity index (χ3n) is 4.15. The highest BCUT2D eigenvalue weighted by atomic mass is 35.5. The van der Waals surface area contributed by atoms with Crippen molar-refractivity contribution in [2.24, 2.45) is 0 Å². The predicted molar refractivity (Wildman–Crippen MR) is 111 cm³/mol. The van der Waals surface area contributed by atoms with Gasteiger partial charge in [0.15, 0.2) is 0 Å². The monoisotopic (exact) mass is 416 g/mol. The maximum absolute atomic E-state index is 12.8. The molecular weight excluding hydrogens is 396 g/mol. The number of carbonyl (C=O) groups is 1. The summed E-state index contributed by atoms with van der Waals surface area (Å²) in [5.41, 5.74) is 1.48. The molecule has 3 aromatic rings. The van der Waals surface area contributed by atoms with Crippen LogP contribution in [0.1, 0.15) is 28.0 Å². The van der Waals surface area contributed by atoms with Gasteiger partial charge in [-0.15, -0.1) is 11.3 Å². The molecule has 0 fully saturated rings. The molecule has 0 aliphatic carbocycles. The van der Waals surface area contributed by atoms with Crippen LogP contribution in [0.15, 0.2) is 53.9 Å². The molecule has 0 aliphatic heterocycles. The minimum absolute atomic E-state index is 0.0905. The topological polar surface area (TPSA) is 51.7 Å². The Kier molecular flexibility index (Phi) is 6.90. The Labute approximate surface area is 173 Å². The van der Waals surface area contributed by atoms with Gasteiger partial charge >= 0.3 is 0 Å². The lowest BCUT2D eigenvalue weighted by Crippen LogP contribution is -2.30. The summed E-state index contributed by atoms with van der Waals surface area (Å²) >= 11 is 7.28. The molecule has 0 radical (unpaired) electrons. The lowest BCUT2D eigenvalue weighted by Gasteiger charge is -2.20. The number of amides is 1. The van der Waals surface area contributed by atoms with Crippen LogP contribution in [0.25, 0.3) is 0 Å². The van der Waals surface area contributed by atoms with E-state index in [9.17, 15) is 4.79 Å². The van der Waals surface area contributed by atoms with Gasteiger partial charge in [0, 0.05) is 23.5 Å². The summed E-state index contributed by atoms with van der Waals surface area (Å²) in [4.78, 5) is 19.0. The van der Waals surface area contributed by atoms with Crippen LogP contribution >= 0.6 is 22.9 Å². The van der Waals surface area contributed by atoms with Gasteiger partial charge in [-0.2, -0.15) is 0 Å². The van der Waals surface area contributed by atoms with Gasteiger partial charge in [-0.25, -0.2) is 4.98 Å². The van der Waals surface area contributed by atoms with Crippen LogP contribution in [0.4, 0.5) is 0 Å². The highest BCUT2D eigenvalue weighted by Crippen LogP contribution is 2.19. The molecule has 0 bridgehead atoms. The third kappa shape index (κ3) is 5.24. The summed E-state index contributed by atoms with van der Waals surface area (Å²) in [7, 11) is 1.63. The number of hydrogen-bond acceptors (Lipinski definition) is 5. The Hall–Kier alpha value is -2.57. The molecule has 3 rings (SSSR count). The molecule has 146 valence electrons. The first-order valence-corrected chi connectivity index (χ1v) is 10.1. The molecule has 0 saturated carbocycles. The fourth-order valence-electron chi connectivity index (χ4n) is 2.59. The van der Waals surface area contributed by atoms with E-state index in [-0.39, 0.29) is 5.91 Å². The van der Waals surface area contributed by atoms with Gasteiger partial charge in [0.2, 0.25) is 0 Å². The van der Waals surface area contributed by atoms with Gasteiger partial charge in [0.05, 0.1) is 7.11 Å². The zero-order valence-corrected chi connectivity index (χ0v) is 17.3. The second-order valence-corrected chi connectivity index (χ2v) is 7.42. The summed E-state index contributed by atoms with van der Waals surface area (Å²) in [6.45, 7) is 3.38. The maximum atomic E-state index is 12.8. The highest BCUT2D eigenvalue weighted by molar-refractivity contribution is 7.09. The maximum Gasteiger partial charge on any atom is 0.273 e. The van der Waals surface area contributed by atoms with Crippen LogP contribution in [0.3, 0.4) is 0 Å². The molecular formula is C21H21ClN2O3S. The van der Waals surface area contributed by atoms with Gasteiger partial charge in [-0.1, -0.05) is 23.7 Å². The van der Waals surface area contributed by atoms with E-state index in [1.54, 1.807) is 41.7 Å². The highest BCUT2D eigenvalue weighted by Gasteiger charge is 2.18. The zero-order chi connectivity index (χ0) is 19.9. The van der Waals surface area contributed by atoms with E-state index < -0.39 is 0 Å². The minimum Gasteiger partial charge on any atom is -0.497 e. The van der Waals surface area contributed by atoms with Crippen LogP contribution in [0.5, 0.6) is 11.5 Å². The van der Waals surface area contributed by atoms with Gasteiger partial charge in [0.1, 0.15) is 28.8 Å². The number of aromatic nitrogens is 1. The molecule has 1 heterocycles. The third-order valence-corrected chi connectivity index (χ3v) is 5.22. The molecule has 1 amide bonds. The van der Waals surface area contributed by atoms with Crippen molar-refractivity contribution in [2.45, 2.75) is 20.1 Å². The van der Waals surface area contributed by atoms with E-state index in [1.807, 2.05) is 31.2 Å². The molecule has 0 atom stereocenters. The first kappa shape index (κ1) is 20.2. The Morgan fingerprint density at radius 2 is 1.79 bits per heavy atom. The molecule has 1 aromatic heterocycles. The standard InChI is InChI=1S/C21H21ClN2O3S/c1-3-24(12-15-4-8-17(26-2)9-5-15)21(25)19-14-28-20(23-19)13-27-18-10-6-16(22)7-11-18/h4-11,14H,3,12-13H2,1-2H3.